The number of rotatable bonds is 3. The van der Waals surface area contributed by atoms with Gasteiger partial charge in [-0.2, -0.15) is 0 Å². The highest BCUT2D eigenvalue weighted by atomic mass is 14.9. The molecule has 3 aromatic carbocycles. The van der Waals surface area contributed by atoms with Crippen molar-refractivity contribution in [2.45, 2.75) is 19.9 Å². The van der Waals surface area contributed by atoms with Crippen LogP contribution in [0.15, 0.2) is 66.7 Å². The maximum Gasteiger partial charge on any atom is 0.0485 e. The van der Waals surface area contributed by atoms with Crippen molar-refractivity contribution in [1.82, 2.24) is 0 Å². The van der Waals surface area contributed by atoms with Gasteiger partial charge in [0.15, 0.2) is 0 Å². The smallest absolute Gasteiger partial charge is 0.0485 e. The van der Waals surface area contributed by atoms with Gasteiger partial charge in [0, 0.05) is 11.7 Å². The average molecular weight is 261 g/mol. The van der Waals surface area contributed by atoms with Gasteiger partial charge in [0.05, 0.1) is 0 Å². The summed E-state index contributed by atoms with van der Waals surface area (Å²) in [4.78, 5) is 0. The number of benzene rings is 3. The Morgan fingerprint density at radius 2 is 1.60 bits per heavy atom. The van der Waals surface area contributed by atoms with E-state index in [1.54, 1.807) is 0 Å². The van der Waals surface area contributed by atoms with Gasteiger partial charge in [0.25, 0.3) is 0 Å². The molecule has 0 heterocycles. The van der Waals surface area contributed by atoms with Crippen LogP contribution in [0.5, 0.6) is 0 Å². The molecule has 0 saturated carbocycles. The second kappa shape index (κ2) is 5.38. The normalized spacial score (nSPS) is 12.3. The molecule has 0 amide bonds. The topological polar surface area (TPSA) is 12.0 Å². The number of hydrogen-bond acceptors (Lipinski definition) is 1. The van der Waals surface area contributed by atoms with E-state index in [2.05, 4.69) is 85.9 Å². The van der Waals surface area contributed by atoms with E-state index in [9.17, 15) is 0 Å². The van der Waals surface area contributed by atoms with Crippen molar-refractivity contribution in [3.8, 4) is 0 Å². The largest absolute Gasteiger partial charge is 0.379 e. The molecule has 1 unspecified atom stereocenters. The summed E-state index contributed by atoms with van der Waals surface area (Å²) in [7, 11) is 0. The van der Waals surface area contributed by atoms with E-state index >= 15 is 0 Å². The highest BCUT2D eigenvalue weighted by Crippen LogP contribution is 2.23. The van der Waals surface area contributed by atoms with E-state index in [1.807, 2.05) is 0 Å². The standard InChI is InChI=1S/C19H19N/c1-14-6-5-9-19(12-14)20-15(2)17-11-10-16-7-3-4-8-18(16)13-17/h3-13,15,20H,1-2H3. The SMILES string of the molecule is Cc1cccc(NC(C)c2ccc3ccccc3c2)c1. The zero-order chi connectivity index (χ0) is 13.9. The Morgan fingerprint density at radius 3 is 2.40 bits per heavy atom. The quantitative estimate of drug-likeness (QED) is 0.672. The molecule has 0 spiro atoms. The van der Waals surface area contributed by atoms with Gasteiger partial charge in [-0.15, -0.1) is 0 Å². The first-order chi connectivity index (χ1) is 9.72. The van der Waals surface area contributed by atoms with Gasteiger partial charge in [-0.1, -0.05) is 48.5 Å². The van der Waals surface area contributed by atoms with E-state index in [0.29, 0.717) is 6.04 Å². The Morgan fingerprint density at radius 1 is 0.800 bits per heavy atom. The number of anilines is 1. The van der Waals surface area contributed by atoms with Crippen molar-refractivity contribution in [3.05, 3.63) is 77.9 Å². The van der Waals surface area contributed by atoms with Gasteiger partial charge in [0.2, 0.25) is 0 Å². The second-order valence-electron chi connectivity index (χ2n) is 5.34. The Labute approximate surface area is 120 Å². The molecule has 0 aliphatic heterocycles. The van der Waals surface area contributed by atoms with Gasteiger partial charge in [-0.3, -0.25) is 0 Å². The number of nitrogens with one attached hydrogen (secondary N) is 1. The van der Waals surface area contributed by atoms with Crippen LogP contribution in [0.4, 0.5) is 5.69 Å². The third-order valence-corrected chi connectivity index (χ3v) is 3.67. The first kappa shape index (κ1) is 12.7. The summed E-state index contributed by atoms with van der Waals surface area (Å²) in [5.74, 6) is 0. The summed E-state index contributed by atoms with van der Waals surface area (Å²) >= 11 is 0. The summed E-state index contributed by atoms with van der Waals surface area (Å²) in [6.45, 7) is 4.32. The zero-order valence-corrected chi connectivity index (χ0v) is 11.9. The van der Waals surface area contributed by atoms with Crippen molar-refractivity contribution in [1.29, 1.82) is 0 Å². The molecule has 0 fully saturated rings. The Bertz CT molecular complexity index is 730. The Kier molecular flexibility index (Phi) is 3.42. The molecule has 3 rings (SSSR count). The van der Waals surface area contributed by atoms with Crippen molar-refractivity contribution >= 4 is 16.5 Å². The second-order valence-corrected chi connectivity index (χ2v) is 5.34. The Balaban J connectivity index is 1.86. The van der Waals surface area contributed by atoms with Crippen molar-refractivity contribution < 1.29 is 0 Å². The molecule has 0 bridgehead atoms. The molecule has 0 radical (unpaired) electrons. The predicted molar refractivity (Wildman–Crippen MR) is 87.2 cm³/mol. The fourth-order valence-corrected chi connectivity index (χ4v) is 2.55. The van der Waals surface area contributed by atoms with Crippen LogP contribution in [0.1, 0.15) is 24.1 Å². The summed E-state index contributed by atoms with van der Waals surface area (Å²) in [6.07, 6.45) is 0. The summed E-state index contributed by atoms with van der Waals surface area (Å²) < 4.78 is 0. The fourth-order valence-electron chi connectivity index (χ4n) is 2.55. The van der Waals surface area contributed by atoms with Crippen molar-refractivity contribution in [2.75, 3.05) is 5.32 Å². The third-order valence-electron chi connectivity index (χ3n) is 3.67. The molecule has 0 saturated heterocycles. The lowest BCUT2D eigenvalue weighted by atomic mass is 10.0. The predicted octanol–water partition coefficient (Wildman–Crippen LogP) is 5.32. The first-order valence-electron chi connectivity index (χ1n) is 7.04. The number of hydrogen-bond donors (Lipinski definition) is 1. The van der Waals surface area contributed by atoms with Gasteiger partial charge < -0.3 is 5.32 Å². The van der Waals surface area contributed by atoms with Crippen LogP contribution in [-0.2, 0) is 0 Å². The maximum atomic E-state index is 3.56. The first-order valence-corrected chi connectivity index (χ1v) is 7.04. The molecule has 3 aromatic rings. The molecule has 20 heavy (non-hydrogen) atoms. The lowest BCUT2D eigenvalue weighted by Gasteiger charge is -2.16. The molecular formula is C19H19N. The Hall–Kier alpha value is -2.28. The van der Waals surface area contributed by atoms with Gasteiger partial charge in [0.1, 0.15) is 0 Å². The van der Waals surface area contributed by atoms with E-state index < -0.39 is 0 Å². The van der Waals surface area contributed by atoms with Crippen LogP contribution < -0.4 is 5.32 Å². The molecule has 1 heteroatoms. The molecule has 0 aliphatic rings. The number of aryl methyl sites for hydroxylation is 1. The summed E-state index contributed by atoms with van der Waals surface area (Å²) in [5, 5.41) is 6.15. The monoisotopic (exact) mass is 261 g/mol. The van der Waals surface area contributed by atoms with Gasteiger partial charge >= 0.3 is 0 Å². The van der Waals surface area contributed by atoms with Crippen molar-refractivity contribution in [3.63, 3.8) is 0 Å². The van der Waals surface area contributed by atoms with Crippen LogP contribution >= 0.6 is 0 Å². The summed E-state index contributed by atoms with van der Waals surface area (Å²) in [5.41, 5.74) is 3.76. The van der Waals surface area contributed by atoms with E-state index in [1.165, 1.54) is 27.6 Å². The zero-order valence-electron chi connectivity index (χ0n) is 11.9. The van der Waals surface area contributed by atoms with E-state index in [4.69, 9.17) is 0 Å². The molecule has 1 atom stereocenters. The lowest BCUT2D eigenvalue weighted by molar-refractivity contribution is 0.886. The van der Waals surface area contributed by atoms with Crippen LogP contribution in [0.25, 0.3) is 10.8 Å². The molecule has 0 aromatic heterocycles. The van der Waals surface area contributed by atoms with Crippen molar-refractivity contribution in [2.24, 2.45) is 0 Å². The molecule has 1 nitrogen and oxygen atoms in total. The van der Waals surface area contributed by atoms with Crippen LogP contribution in [0.2, 0.25) is 0 Å². The minimum absolute atomic E-state index is 0.293. The minimum Gasteiger partial charge on any atom is -0.379 e. The molecule has 100 valence electrons. The maximum absolute atomic E-state index is 3.56. The van der Waals surface area contributed by atoms with E-state index in [0.717, 1.165) is 0 Å². The van der Waals surface area contributed by atoms with Crippen LogP contribution in [0, 0.1) is 6.92 Å². The van der Waals surface area contributed by atoms with Crippen LogP contribution in [0.3, 0.4) is 0 Å². The van der Waals surface area contributed by atoms with Gasteiger partial charge in [-0.05, 0) is 53.9 Å². The summed E-state index contributed by atoms with van der Waals surface area (Å²) in [6, 6.07) is 23.9. The van der Waals surface area contributed by atoms with E-state index in [-0.39, 0.29) is 0 Å². The average Bonchev–Trinajstić information content (AvgIpc) is 2.47. The lowest BCUT2D eigenvalue weighted by Crippen LogP contribution is -2.06. The fraction of sp³-hybridized carbons (Fsp3) is 0.158. The third kappa shape index (κ3) is 2.67. The highest BCUT2D eigenvalue weighted by molar-refractivity contribution is 5.83. The van der Waals surface area contributed by atoms with Gasteiger partial charge in [-0.25, -0.2) is 0 Å². The molecule has 0 aliphatic carbocycles. The van der Waals surface area contributed by atoms with Crippen LogP contribution in [-0.4, -0.2) is 0 Å². The highest BCUT2D eigenvalue weighted by Gasteiger charge is 2.06. The number of fused-ring (bicyclic) bond motifs is 1. The molecular weight excluding hydrogens is 242 g/mol. The molecule has 1 N–H and O–H groups in total. The minimum atomic E-state index is 0.293.